The van der Waals surface area contributed by atoms with E-state index < -0.39 is 0 Å². The van der Waals surface area contributed by atoms with Crippen LogP contribution in [-0.4, -0.2) is 11.0 Å². The van der Waals surface area contributed by atoms with E-state index in [9.17, 15) is 0 Å². The zero-order valence-electron chi connectivity index (χ0n) is 8.91. The van der Waals surface area contributed by atoms with Crippen LogP contribution in [0.2, 0.25) is 0 Å². The number of nitriles is 1. The number of rotatable bonds is 2. The van der Waals surface area contributed by atoms with Crippen LogP contribution >= 0.6 is 0 Å². The van der Waals surface area contributed by atoms with Crippen LogP contribution in [0, 0.1) is 16.7 Å². The topological polar surface area (TPSA) is 74.7 Å². The van der Waals surface area contributed by atoms with Crippen LogP contribution in [0.4, 0.5) is 11.5 Å². The molecule has 0 radical (unpaired) electrons. The second-order valence-corrected chi connectivity index (χ2v) is 4.66. The van der Waals surface area contributed by atoms with E-state index in [4.69, 9.17) is 11.0 Å². The molecule has 0 aliphatic heterocycles. The van der Waals surface area contributed by atoms with Crippen LogP contribution in [0.25, 0.3) is 0 Å². The Bertz CT molecular complexity index is 431. The number of nitrogen functional groups attached to an aromatic ring is 1. The molecule has 4 nitrogen and oxygen atoms in total. The number of hydrogen-bond acceptors (Lipinski definition) is 4. The van der Waals surface area contributed by atoms with Crippen LogP contribution in [0.1, 0.15) is 25.8 Å². The molecule has 2 rings (SSSR count). The van der Waals surface area contributed by atoms with Crippen molar-refractivity contribution >= 4 is 11.5 Å². The first-order valence-electron chi connectivity index (χ1n) is 4.95. The molecule has 15 heavy (non-hydrogen) atoms. The molecule has 1 atom stereocenters. The first-order valence-corrected chi connectivity index (χ1v) is 4.95. The fourth-order valence-corrected chi connectivity index (χ4v) is 1.54. The lowest BCUT2D eigenvalue weighted by molar-refractivity contribution is 0.630. The zero-order chi connectivity index (χ0) is 11.1. The van der Waals surface area contributed by atoms with Gasteiger partial charge in [0.1, 0.15) is 11.9 Å². The summed E-state index contributed by atoms with van der Waals surface area (Å²) in [6.45, 7) is 4.40. The first kappa shape index (κ1) is 9.78. The molecule has 1 heterocycles. The van der Waals surface area contributed by atoms with Crippen molar-refractivity contribution in [2.75, 3.05) is 11.1 Å². The van der Waals surface area contributed by atoms with Gasteiger partial charge in [0.25, 0.3) is 0 Å². The molecular weight excluding hydrogens is 188 g/mol. The predicted octanol–water partition coefficient (Wildman–Crippen LogP) is 1.75. The quantitative estimate of drug-likeness (QED) is 0.766. The van der Waals surface area contributed by atoms with Gasteiger partial charge in [-0.25, -0.2) is 4.98 Å². The number of pyridine rings is 1. The van der Waals surface area contributed by atoms with Gasteiger partial charge in [0, 0.05) is 12.2 Å². The Morgan fingerprint density at radius 3 is 2.80 bits per heavy atom. The van der Waals surface area contributed by atoms with E-state index in [0.29, 0.717) is 28.5 Å². The van der Waals surface area contributed by atoms with Crippen molar-refractivity contribution in [3.63, 3.8) is 0 Å². The fraction of sp³-hybridized carbons (Fsp3) is 0.455. The highest BCUT2D eigenvalue weighted by Crippen LogP contribution is 2.46. The summed E-state index contributed by atoms with van der Waals surface area (Å²) < 4.78 is 0. The third kappa shape index (κ3) is 1.86. The van der Waals surface area contributed by atoms with E-state index in [1.807, 2.05) is 6.07 Å². The highest BCUT2D eigenvalue weighted by atomic mass is 15.1. The summed E-state index contributed by atoms with van der Waals surface area (Å²) in [4.78, 5) is 4.14. The third-order valence-corrected chi connectivity index (χ3v) is 2.87. The maximum absolute atomic E-state index is 8.66. The van der Waals surface area contributed by atoms with E-state index in [-0.39, 0.29) is 0 Å². The second kappa shape index (κ2) is 3.13. The van der Waals surface area contributed by atoms with Crippen LogP contribution in [-0.2, 0) is 0 Å². The number of nitrogens with one attached hydrogen (secondary N) is 1. The molecule has 1 unspecified atom stereocenters. The Kier molecular flexibility index (Phi) is 2.04. The van der Waals surface area contributed by atoms with Crippen LogP contribution in [0.15, 0.2) is 12.3 Å². The van der Waals surface area contributed by atoms with Gasteiger partial charge in [0.05, 0.1) is 11.3 Å². The van der Waals surface area contributed by atoms with Gasteiger partial charge in [0.15, 0.2) is 0 Å². The Morgan fingerprint density at radius 1 is 1.67 bits per heavy atom. The molecule has 0 amide bonds. The van der Waals surface area contributed by atoms with E-state index >= 15 is 0 Å². The van der Waals surface area contributed by atoms with Gasteiger partial charge in [-0.1, -0.05) is 13.8 Å². The van der Waals surface area contributed by atoms with E-state index in [1.54, 1.807) is 6.07 Å². The number of anilines is 2. The summed E-state index contributed by atoms with van der Waals surface area (Å²) >= 11 is 0. The van der Waals surface area contributed by atoms with Gasteiger partial charge >= 0.3 is 0 Å². The van der Waals surface area contributed by atoms with E-state index in [0.717, 1.165) is 6.42 Å². The first-order chi connectivity index (χ1) is 7.03. The summed E-state index contributed by atoms with van der Waals surface area (Å²) in [7, 11) is 0. The average molecular weight is 202 g/mol. The van der Waals surface area contributed by atoms with Crippen molar-refractivity contribution < 1.29 is 0 Å². The molecule has 1 aliphatic rings. The van der Waals surface area contributed by atoms with Crippen molar-refractivity contribution in [2.24, 2.45) is 5.41 Å². The monoisotopic (exact) mass is 202 g/mol. The van der Waals surface area contributed by atoms with Gasteiger partial charge in [-0.3, -0.25) is 0 Å². The van der Waals surface area contributed by atoms with Gasteiger partial charge in [0.2, 0.25) is 0 Å². The standard InChI is InChI=1S/C11H14N4/c1-11(2)4-9(11)15-10-8(13)3-7(5-12)6-14-10/h3,6,9H,4,13H2,1-2H3,(H,14,15). The molecule has 78 valence electrons. The van der Waals surface area contributed by atoms with Gasteiger partial charge in [-0.05, 0) is 17.9 Å². The van der Waals surface area contributed by atoms with Crippen LogP contribution in [0.5, 0.6) is 0 Å². The largest absolute Gasteiger partial charge is 0.396 e. The lowest BCUT2D eigenvalue weighted by atomic mass is 10.2. The highest BCUT2D eigenvalue weighted by Gasteiger charge is 2.46. The number of aromatic nitrogens is 1. The van der Waals surface area contributed by atoms with E-state index in [2.05, 4.69) is 24.1 Å². The van der Waals surface area contributed by atoms with Crippen molar-refractivity contribution in [1.29, 1.82) is 5.26 Å². The summed E-state index contributed by atoms with van der Waals surface area (Å²) in [6, 6.07) is 4.10. The smallest absolute Gasteiger partial charge is 0.149 e. The minimum Gasteiger partial charge on any atom is -0.396 e. The maximum Gasteiger partial charge on any atom is 0.149 e. The number of nitrogens with two attached hydrogens (primary N) is 1. The number of nitrogens with zero attached hydrogens (tertiary/aromatic N) is 2. The Labute approximate surface area is 89.1 Å². The molecule has 4 heteroatoms. The molecule has 0 bridgehead atoms. The fourth-order valence-electron chi connectivity index (χ4n) is 1.54. The van der Waals surface area contributed by atoms with Crippen LogP contribution in [0.3, 0.4) is 0 Å². The molecule has 3 N–H and O–H groups in total. The van der Waals surface area contributed by atoms with Crippen molar-refractivity contribution in [2.45, 2.75) is 26.3 Å². The summed E-state index contributed by atoms with van der Waals surface area (Å²) in [5.41, 5.74) is 7.15. The molecule has 1 aromatic heterocycles. The molecule has 1 aromatic rings. The number of hydrogen-bond donors (Lipinski definition) is 2. The average Bonchev–Trinajstić information content (AvgIpc) is 2.77. The van der Waals surface area contributed by atoms with Gasteiger partial charge in [-0.2, -0.15) is 5.26 Å². The molecule has 0 saturated heterocycles. The molecule has 1 saturated carbocycles. The third-order valence-electron chi connectivity index (χ3n) is 2.87. The minimum atomic E-state index is 0.335. The molecular formula is C11H14N4. The lowest BCUT2D eigenvalue weighted by Gasteiger charge is -2.09. The predicted molar refractivity (Wildman–Crippen MR) is 59.2 cm³/mol. The minimum absolute atomic E-state index is 0.335. The molecule has 1 aliphatic carbocycles. The highest BCUT2D eigenvalue weighted by molar-refractivity contribution is 5.64. The zero-order valence-corrected chi connectivity index (χ0v) is 8.91. The Balaban J connectivity index is 2.14. The molecule has 0 aromatic carbocycles. The van der Waals surface area contributed by atoms with Crippen molar-refractivity contribution in [3.8, 4) is 6.07 Å². The SMILES string of the molecule is CC1(C)CC1Nc1ncc(C#N)cc1N. The molecule has 1 fully saturated rings. The van der Waals surface area contributed by atoms with Crippen molar-refractivity contribution in [3.05, 3.63) is 17.8 Å². The normalized spacial score (nSPS) is 21.8. The second-order valence-electron chi connectivity index (χ2n) is 4.66. The lowest BCUT2D eigenvalue weighted by Crippen LogP contribution is -2.11. The van der Waals surface area contributed by atoms with Gasteiger partial charge in [-0.15, -0.1) is 0 Å². The molecule has 0 spiro atoms. The van der Waals surface area contributed by atoms with Crippen LogP contribution < -0.4 is 11.1 Å². The maximum atomic E-state index is 8.66. The summed E-state index contributed by atoms with van der Waals surface area (Å²) in [5, 5.41) is 11.9. The van der Waals surface area contributed by atoms with Crippen molar-refractivity contribution in [1.82, 2.24) is 4.98 Å². The summed E-state index contributed by atoms with van der Waals surface area (Å²) in [6.07, 6.45) is 2.67. The van der Waals surface area contributed by atoms with Gasteiger partial charge < -0.3 is 11.1 Å². The summed E-state index contributed by atoms with van der Waals surface area (Å²) in [5.74, 6) is 0.685. The Morgan fingerprint density at radius 2 is 2.33 bits per heavy atom. The Hall–Kier alpha value is -1.76. The van der Waals surface area contributed by atoms with E-state index in [1.165, 1.54) is 6.20 Å².